The van der Waals surface area contributed by atoms with E-state index in [9.17, 15) is 18.0 Å². The molecular weight excluding hydrogens is 455 g/mol. The third kappa shape index (κ3) is 4.88. The summed E-state index contributed by atoms with van der Waals surface area (Å²) in [7, 11) is 0. The molecule has 2 aliphatic carbocycles. The summed E-state index contributed by atoms with van der Waals surface area (Å²) in [5.74, 6) is 0.239. The standard InChI is InChI=1S/C27H26F3N3O2/c1-27(19-8-10-20(28)11-9-19)23(18-6-7-18)24(27)25(34)33(16-21-3-2-14-31-32-21)15-17-4-12-22(13-5-17)35-26(29)30/h2-5,8-14,18,23-24,26H,6-7,15-16H2,1H3/t23?,24-,27?/m0/s1. The lowest BCUT2D eigenvalue weighted by atomic mass is 9.92. The van der Waals surface area contributed by atoms with E-state index in [1.165, 1.54) is 24.3 Å². The van der Waals surface area contributed by atoms with E-state index >= 15 is 0 Å². The maximum absolute atomic E-state index is 14.0. The van der Waals surface area contributed by atoms with Crippen LogP contribution in [0.3, 0.4) is 0 Å². The Bertz CT molecular complexity index is 1170. The van der Waals surface area contributed by atoms with E-state index in [1.54, 1.807) is 41.4 Å². The van der Waals surface area contributed by atoms with Gasteiger partial charge in [-0.15, -0.1) is 0 Å². The summed E-state index contributed by atoms with van der Waals surface area (Å²) in [4.78, 5) is 15.8. The maximum Gasteiger partial charge on any atom is 0.387 e. The molecule has 2 aliphatic rings. The molecule has 1 amide bonds. The Morgan fingerprint density at radius 1 is 1.09 bits per heavy atom. The number of aromatic nitrogens is 2. The number of carbonyl (C=O) groups is 1. The first kappa shape index (κ1) is 23.3. The molecule has 0 N–H and O–H groups in total. The van der Waals surface area contributed by atoms with E-state index in [1.807, 2.05) is 6.07 Å². The predicted molar refractivity (Wildman–Crippen MR) is 123 cm³/mol. The molecule has 2 saturated carbocycles. The second-order valence-corrected chi connectivity index (χ2v) is 9.56. The van der Waals surface area contributed by atoms with Crippen molar-refractivity contribution >= 4 is 5.91 Å². The van der Waals surface area contributed by atoms with Crippen molar-refractivity contribution in [1.29, 1.82) is 0 Å². The summed E-state index contributed by atoms with van der Waals surface area (Å²) in [6, 6.07) is 16.4. The highest BCUT2D eigenvalue weighted by Crippen LogP contribution is 2.68. The molecule has 182 valence electrons. The Balaban J connectivity index is 1.41. The first-order chi connectivity index (χ1) is 16.9. The fourth-order valence-electron chi connectivity index (χ4n) is 5.37. The van der Waals surface area contributed by atoms with Crippen molar-refractivity contribution in [2.75, 3.05) is 0 Å². The van der Waals surface area contributed by atoms with Crippen LogP contribution in [0.5, 0.6) is 5.75 Å². The van der Waals surface area contributed by atoms with Gasteiger partial charge in [-0.1, -0.05) is 31.2 Å². The topological polar surface area (TPSA) is 55.3 Å². The van der Waals surface area contributed by atoms with Gasteiger partial charge in [0.25, 0.3) is 0 Å². The molecule has 2 fully saturated rings. The van der Waals surface area contributed by atoms with Gasteiger partial charge in [0.15, 0.2) is 0 Å². The lowest BCUT2D eigenvalue weighted by Gasteiger charge is -2.24. The Hall–Kier alpha value is -3.42. The van der Waals surface area contributed by atoms with Crippen LogP contribution in [0.4, 0.5) is 13.2 Å². The smallest absolute Gasteiger partial charge is 0.387 e. The van der Waals surface area contributed by atoms with Crippen molar-refractivity contribution in [3.05, 3.63) is 89.5 Å². The monoisotopic (exact) mass is 481 g/mol. The minimum absolute atomic E-state index is 0.00675. The minimum atomic E-state index is -2.89. The molecule has 0 aliphatic heterocycles. The van der Waals surface area contributed by atoms with Crippen LogP contribution in [0, 0.1) is 23.6 Å². The van der Waals surface area contributed by atoms with Gasteiger partial charge in [-0.3, -0.25) is 4.79 Å². The zero-order chi connectivity index (χ0) is 24.6. The Labute approximate surface area is 201 Å². The number of carbonyl (C=O) groups excluding carboxylic acids is 1. The van der Waals surface area contributed by atoms with Gasteiger partial charge in [0, 0.05) is 18.2 Å². The molecule has 2 aromatic carbocycles. The van der Waals surface area contributed by atoms with Crippen LogP contribution in [0.2, 0.25) is 0 Å². The van der Waals surface area contributed by atoms with Gasteiger partial charge in [0.1, 0.15) is 11.6 Å². The summed E-state index contributed by atoms with van der Waals surface area (Å²) in [6.45, 7) is -0.232. The number of hydrogen-bond donors (Lipinski definition) is 0. The number of halogens is 3. The summed E-state index contributed by atoms with van der Waals surface area (Å²) in [5.41, 5.74) is 2.06. The van der Waals surface area contributed by atoms with Gasteiger partial charge < -0.3 is 9.64 Å². The molecular formula is C27H26F3N3O2. The number of alkyl halides is 2. The highest BCUT2D eigenvalue weighted by atomic mass is 19.3. The van der Waals surface area contributed by atoms with E-state index in [4.69, 9.17) is 0 Å². The van der Waals surface area contributed by atoms with Crippen LogP contribution in [-0.4, -0.2) is 27.6 Å². The minimum Gasteiger partial charge on any atom is -0.435 e. The molecule has 1 heterocycles. The van der Waals surface area contributed by atoms with Crippen molar-refractivity contribution in [1.82, 2.24) is 15.1 Å². The van der Waals surface area contributed by atoms with E-state index in [0.717, 1.165) is 24.0 Å². The molecule has 0 saturated heterocycles. The molecule has 5 nitrogen and oxygen atoms in total. The van der Waals surface area contributed by atoms with E-state index in [2.05, 4.69) is 21.9 Å². The summed E-state index contributed by atoms with van der Waals surface area (Å²) < 4.78 is 43.0. The predicted octanol–water partition coefficient (Wildman–Crippen LogP) is 5.36. The zero-order valence-electron chi connectivity index (χ0n) is 19.3. The summed E-state index contributed by atoms with van der Waals surface area (Å²) >= 11 is 0. The molecule has 8 heteroatoms. The Morgan fingerprint density at radius 3 is 2.40 bits per heavy atom. The lowest BCUT2D eigenvalue weighted by Crippen LogP contribution is -2.33. The number of rotatable bonds is 9. The van der Waals surface area contributed by atoms with Gasteiger partial charge in [-0.25, -0.2) is 4.39 Å². The molecule has 0 radical (unpaired) electrons. The number of amides is 1. The van der Waals surface area contributed by atoms with Crippen LogP contribution < -0.4 is 4.74 Å². The molecule has 0 bridgehead atoms. The first-order valence-corrected chi connectivity index (χ1v) is 11.7. The van der Waals surface area contributed by atoms with Crippen molar-refractivity contribution in [3.63, 3.8) is 0 Å². The van der Waals surface area contributed by atoms with E-state index in [0.29, 0.717) is 11.6 Å². The fourth-order valence-corrected chi connectivity index (χ4v) is 5.37. The number of nitrogens with zero attached hydrogens (tertiary/aromatic N) is 3. The number of ether oxygens (including phenoxy) is 1. The normalized spacial score (nSPS) is 23.2. The molecule has 5 rings (SSSR count). The van der Waals surface area contributed by atoms with Gasteiger partial charge in [0.2, 0.25) is 5.91 Å². The van der Waals surface area contributed by atoms with Crippen molar-refractivity contribution < 1.29 is 22.7 Å². The van der Waals surface area contributed by atoms with Crippen LogP contribution >= 0.6 is 0 Å². The summed E-state index contributed by atoms with van der Waals surface area (Å²) in [6.07, 6.45) is 3.77. The van der Waals surface area contributed by atoms with Gasteiger partial charge >= 0.3 is 6.61 Å². The SMILES string of the molecule is CC1(c2ccc(F)cc2)C(C2CC2)[C@H]1C(=O)N(Cc1ccc(OC(F)F)cc1)Cc1cccnn1. The zero-order valence-corrected chi connectivity index (χ0v) is 19.3. The molecule has 1 aromatic heterocycles. The second-order valence-electron chi connectivity index (χ2n) is 9.56. The highest BCUT2D eigenvalue weighted by Gasteiger charge is 2.70. The Morgan fingerprint density at radius 2 is 1.80 bits per heavy atom. The molecule has 35 heavy (non-hydrogen) atoms. The van der Waals surface area contributed by atoms with Crippen LogP contribution in [0.15, 0.2) is 66.9 Å². The highest BCUT2D eigenvalue weighted by molar-refractivity contribution is 5.85. The molecule has 0 spiro atoms. The number of benzene rings is 2. The van der Waals surface area contributed by atoms with E-state index in [-0.39, 0.29) is 47.8 Å². The van der Waals surface area contributed by atoms with Crippen molar-refractivity contribution in [3.8, 4) is 5.75 Å². The van der Waals surface area contributed by atoms with Crippen LogP contribution in [0.25, 0.3) is 0 Å². The third-order valence-electron chi connectivity index (χ3n) is 7.26. The van der Waals surface area contributed by atoms with Crippen LogP contribution in [0.1, 0.15) is 36.6 Å². The summed E-state index contributed by atoms with van der Waals surface area (Å²) in [5, 5.41) is 8.08. The van der Waals surface area contributed by atoms with Gasteiger partial charge in [-0.05, 0) is 72.2 Å². The fraction of sp³-hybridized carbons (Fsp3) is 0.370. The maximum atomic E-state index is 14.0. The first-order valence-electron chi connectivity index (χ1n) is 11.7. The van der Waals surface area contributed by atoms with Gasteiger partial charge in [-0.2, -0.15) is 19.0 Å². The molecule has 3 aromatic rings. The average molecular weight is 482 g/mol. The second kappa shape index (κ2) is 9.32. The Kier molecular flexibility index (Phi) is 6.21. The lowest BCUT2D eigenvalue weighted by molar-refractivity contribution is -0.134. The van der Waals surface area contributed by atoms with Crippen molar-refractivity contribution in [2.45, 2.75) is 44.9 Å². The molecule has 2 unspecified atom stereocenters. The molecule has 3 atom stereocenters. The van der Waals surface area contributed by atoms with Gasteiger partial charge in [0.05, 0.1) is 18.2 Å². The quantitative estimate of drug-likeness (QED) is 0.413. The van der Waals surface area contributed by atoms with Crippen molar-refractivity contribution in [2.24, 2.45) is 17.8 Å². The largest absolute Gasteiger partial charge is 0.435 e. The number of hydrogen-bond acceptors (Lipinski definition) is 4. The average Bonchev–Trinajstić information content (AvgIpc) is 3.76. The third-order valence-corrected chi connectivity index (χ3v) is 7.26. The van der Waals surface area contributed by atoms with Crippen LogP contribution in [-0.2, 0) is 23.3 Å². The van der Waals surface area contributed by atoms with E-state index < -0.39 is 6.61 Å².